The minimum Gasteiger partial charge on any atom is -0.495 e. The van der Waals surface area contributed by atoms with E-state index in [-0.39, 0.29) is 11.9 Å². The number of methoxy groups -OCH3 is 1. The number of hydrogen-bond donors (Lipinski definition) is 0. The van der Waals surface area contributed by atoms with Gasteiger partial charge in [0.25, 0.3) is 0 Å². The maximum absolute atomic E-state index is 13.7. The van der Waals surface area contributed by atoms with Crippen LogP contribution in [-0.4, -0.2) is 58.4 Å². The number of benzene rings is 2. The van der Waals surface area contributed by atoms with Crippen LogP contribution in [0.5, 0.6) is 5.75 Å². The standard InChI is InChI=1S/C24H29FN6O/c1-32-22-9-5-4-8-21(22)29-14-16-30(17-15-29)23(18-10-12-19(25)13-11-18)24-26-27-28-31(24)20-6-2-3-7-20/h4-5,8-13,20,23H,2-3,6-7,14-17H2,1H3/t23-/m1/s1. The monoisotopic (exact) mass is 436 g/mol. The molecule has 1 saturated heterocycles. The van der Waals surface area contributed by atoms with E-state index in [1.807, 2.05) is 35.0 Å². The van der Waals surface area contributed by atoms with Gasteiger partial charge >= 0.3 is 0 Å². The molecular formula is C24H29FN6O. The van der Waals surface area contributed by atoms with Crippen LogP contribution in [0, 0.1) is 5.82 Å². The second-order valence-electron chi connectivity index (χ2n) is 8.57. The molecule has 0 unspecified atom stereocenters. The van der Waals surface area contributed by atoms with Crippen LogP contribution in [0.25, 0.3) is 0 Å². The molecule has 0 N–H and O–H groups in total. The second-order valence-corrected chi connectivity index (χ2v) is 8.57. The first-order valence-corrected chi connectivity index (χ1v) is 11.4. The molecule has 0 radical (unpaired) electrons. The van der Waals surface area contributed by atoms with Crippen molar-refractivity contribution in [3.8, 4) is 5.75 Å². The molecule has 0 amide bonds. The van der Waals surface area contributed by atoms with Gasteiger partial charge in [-0.25, -0.2) is 9.07 Å². The third-order valence-electron chi connectivity index (χ3n) is 6.72. The Hall–Kier alpha value is -3.00. The molecule has 8 heteroatoms. The van der Waals surface area contributed by atoms with E-state index in [1.165, 1.54) is 25.0 Å². The molecule has 0 bridgehead atoms. The Balaban J connectivity index is 1.42. The Bertz CT molecular complexity index is 1020. The van der Waals surface area contributed by atoms with Gasteiger partial charge in [-0.1, -0.05) is 37.1 Å². The van der Waals surface area contributed by atoms with Crippen LogP contribution >= 0.6 is 0 Å². The lowest BCUT2D eigenvalue weighted by atomic mass is 10.0. The summed E-state index contributed by atoms with van der Waals surface area (Å²) < 4.78 is 21.3. The van der Waals surface area contributed by atoms with Gasteiger partial charge in [-0.3, -0.25) is 4.90 Å². The molecule has 0 spiro atoms. The summed E-state index contributed by atoms with van der Waals surface area (Å²) in [5, 5.41) is 12.9. The van der Waals surface area contributed by atoms with Crippen molar-refractivity contribution in [1.82, 2.24) is 25.1 Å². The van der Waals surface area contributed by atoms with Gasteiger partial charge in [-0.05, 0) is 53.1 Å². The Morgan fingerprint density at radius 2 is 1.69 bits per heavy atom. The van der Waals surface area contributed by atoms with E-state index in [4.69, 9.17) is 4.74 Å². The van der Waals surface area contributed by atoms with Crippen molar-refractivity contribution in [1.29, 1.82) is 0 Å². The molecule has 1 atom stereocenters. The van der Waals surface area contributed by atoms with Crippen molar-refractivity contribution in [3.63, 3.8) is 0 Å². The normalized spacial score (nSPS) is 18.8. The lowest BCUT2D eigenvalue weighted by Crippen LogP contribution is -2.48. The number of piperazine rings is 1. The summed E-state index contributed by atoms with van der Waals surface area (Å²) in [7, 11) is 1.71. The third kappa shape index (κ3) is 4.07. The summed E-state index contributed by atoms with van der Waals surface area (Å²) in [6.45, 7) is 3.42. The molecule has 2 aromatic carbocycles. The predicted molar refractivity (Wildman–Crippen MR) is 120 cm³/mol. The fourth-order valence-electron chi connectivity index (χ4n) is 5.07. The number of anilines is 1. The van der Waals surface area contributed by atoms with Gasteiger partial charge in [0, 0.05) is 26.2 Å². The predicted octanol–water partition coefficient (Wildman–Crippen LogP) is 3.85. The van der Waals surface area contributed by atoms with Crippen molar-refractivity contribution in [3.05, 3.63) is 65.7 Å². The Morgan fingerprint density at radius 1 is 0.969 bits per heavy atom. The highest BCUT2D eigenvalue weighted by Gasteiger charge is 2.33. The Labute approximate surface area is 187 Å². The summed E-state index contributed by atoms with van der Waals surface area (Å²) in [5.74, 6) is 1.51. The van der Waals surface area contributed by atoms with Crippen molar-refractivity contribution >= 4 is 5.69 Å². The van der Waals surface area contributed by atoms with Crippen molar-refractivity contribution in [2.24, 2.45) is 0 Å². The molecule has 5 rings (SSSR count). The molecule has 168 valence electrons. The molecule has 2 fully saturated rings. The van der Waals surface area contributed by atoms with E-state index in [0.717, 1.165) is 61.8 Å². The molecule has 1 saturated carbocycles. The van der Waals surface area contributed by atoms with Gasteiger partial charge in [-0.15, -0.1) is 5.10 Å². The number of para-hydroxylation sites is 2. The lowest BCUT2D eigenvalue weighted by molar-refractivity contribution is 0.197. The molecule has 2 aliphatic rings. The smallest absolute Gasteiger partial charge is 0.173 e. The summed E-state index contributed by atoms with van der Waals surface area (Å²) in [6.07, 6.45) is 4.64. The number of hydrogen-bond acceptors (Lipinski definition) is 6. The van der Waals surface area contributed by atoms with Crippen LogP contribution in [0.1, 0.15) is 49.2 Å². The highest BCUT2D eigenvalue weighted by Crippen LogP contribution is 2.35. The third-order valence-corrected chi connectivity index (χ3v) is 6.72. The zero-order valence-electron chi connectivity index (χ0n) is 18.4. The van der Waals surface area contributed by atoms with E-state index < -0.39 is 0 Å². The SMILES string of the molecule is COc1ccccc1N1CCN([C@H](c2ccc(F)cc2)c2nnnn2C2CCCC2)CC1. The molecule has 1 aromatic heterocycles. The van der Waals surface area contributed by atoms with Gasteiger partial charge in [0.2, 0.25) is 0 Å². The Morgan fingerprint density at radius 3 is 2.41 bits per heavy atom. The van der Waals surface area contributed by atoms with Gasteiger partial charge in [0.1, 0.15) is 11.6 Å². The number of rotatable bonds is 6. The number of tetrazole rings is 1. The van der Waals surface area contributed by atoms with Crippen LogP contribution in [0.4, 0.5) is 10.1 Å². The average Bonchev–Trinajstić information content (AvgIpc) is 3.53. The van der Waals surface area contributed by atoms with E-state index in [2.05, 4.69) is 31.4 Å². The molecule has 3 aromatic rings. The number of ether oxygens (including phenoxy) is 1. The van der Waals surface area contributed by atoms with Crippen LogP contribution in [0.15, 0.2) is 48.5 Å². The lowest BCUT2D eigenvalue weighted by Gasteiger charge is -2.40. The minimum atomic E-state index is -0.233. The molecule has 7 nitrogen and oxygen atoms in total. The number of halogens is 1. The van der Waals surface area contributed by atoms with Gasteiger partial charge in [0.15, 0.2) is 5.82 Å². The van der Waals surface area contributed by atoms with Crippen molar-refractivity contribution in [2.45, 2.75) is 37.8 Å². The van der Waals surface area contributed by atoms with E-state index in [9.17, 15) is 4.39 Å². The molecule has 1 aliphatic heterocycles. The highest BCUT2D eigenvalue weighted by atomic mass is 19.1. The topological polar surface area (TPSA) is 59.3 Å². The molecular weight excluding hydrogens is 407 g/mol. The first-order valence-electron chi connectivity index (χ1n) is 11.4. The van der Waals surface area contributed by atoms with E-state index >= 15 is 0 Å². The van der Waals surface area contributed by atoms with Gasteiger partial charge < -0.3 is 9.64 Å². The zero-order chi connectivity index (χ0) is 21.9. The summed E-state index contributed by atoms with van der Waals surface area (Å²) in [6, 6.07) is 15.1. The van der Waals surface area contributed by atoms with Gasteiger partial charge in [0.05, 0.1) is 24.9 Å². The maximum Gasteiger partial charge on any atom is 0.173 e. The summed E-state index contributed by atoms with van der Waals surface area (Å²) >= 11 is 0. The first kappa shape index (κ1) is 20.9. The minimum absolute atomic E-state index is 0.106. The van der Waals surface area contributed by atoms with Crippen molar-refractivity contribution < 1.29 is 9.13 Å². The van der Waals surface area contributed by atoms with Crippen LogP contribution in [0.3, 0.4) is 0 Å². The average molecular weight is 437 g/mol. The first-order chi connectivity index (χ1) is 15.7. The highest BCUT2D eigenvalue weighted by molar-refractivity contribution is 5.58. The fourth-order valence-corrected chi connectivity index (χ4v) is 5.07. The molecule has 1 aliphatic carbocycles. The van der Waals surface area contributed by atoms with Gasteiger partial charge in [-0.2, -0.15) is 0 Å². The van der Waals surface area contributed by atoms with Crippen LogP contribution in [-0.2, 0) is 0 Å². The Kier molecular flexibility index (Phi) is 6.03. The van der Waals surface area contributed by atoms with E-state index in [1.54, 1.807) is 7.11 Å². The largest absolute Gasteiger partial charge is 0.495 e. The second kappa shape index (κ2) is 9.24. The maximum atomic E-state index is 13.7. The van der Waals surface area contributed by atoms with Crippen LogP contribution < -0.4 is 9.64 Å². The molecule has 32 heavy (non-hydrogen) atoms. The number of aromatic nitrogens is 4. The number of nitrogens with zero attached hydrogens (tertiary/aromatic N) is 6. The van der Waals surface area contributed by atoms with E-state index in [0.29, 0.717) is 6.04 Å². The molecule has 2 heterocycles. The summed E-state index contributed by atoms with van der Waals surface area (Å²) in [4.78, 5) is 4.77. The quantitative estimate of drug-likeness (QED) is 0.585. The van der Waals surface area contributed by atoms with Crippen molar-refractivity contribution in [2.75, 3.05) is 38.2 Å². The van der Waals surface area contributed by atoms with Crippen LogP contribution in [0.2, 0.25) is 0 Å². The fraction of sp³-hybridized carbons (Fsp3) is 0.458. The summed E-state index contributed by atoms with van der Waals surface area (Å²) in [5.41, 5.74) is 2.13. The zero-order valence-corrected chi connectivity index (χ0v) is 18.4.